The van der Waals surface area contributed by atoms with Gasteiger partial charge in [0.05, 0.1) is 18.6 Å². The van der Waals surface area contributed by atoms with E-state index in [-0.39, 0.29) is 17.8 Å². The van der Waals surface area contributed by atoms with Gasteiger partial charge in [-0.25, -0.2) is 9.97 Å². The first-order chi connectivity index (χ1) is 12.7. The molecule has 0 aliphatic carbocycles. The fourth-order valence-corrected chi connectivity index (χ4v) is 3.28. The quantitative estimate of drug-likeness (QED) is 0.676. The Morgan fingerprint density at radius 3 is 2.77 bits per heavy atom. The van der Waals surface area contributed by atoms with Gasteiger partial charge in [-0.15, -0.1) is 0 Å². The van der Waals surface area contributed by atoms with Crippen LogP contribution < -0.4 is 0 Å². The minimum atomic E-state index is -0.268. The van der Waals surface area contributed by atoms with E-state index in [1.165, 1.54) is 7.11 Å². The monoisotopic (exact) mass is 350 g/mol. The number of nitrogens with zero attached hydrogens (tertiary/aromatic N) is 4. The maximum Gasteiger partial charge on any atom is 0.310 e. The SMILES string of the molecule is COC(=O)C1CCN(C(=O)c2cnc3c(c2)ncn3-c2ccccc2)C1. The van der Waals surface area contributed by atoms with E-state index in [9.17, 15) is 9.59 Å². The summed E-state index contributed by atoms with van der Waals surface area (Å²) in [7, 11) is 1.37. The maximum absolute atomic E-state index is 12.7. The summed E-state index contributed by atoms with van der Waals surface area (Å²) in [6.45, 7) is 0.914. The van der Waals surface area contributed by atoms with Crippen LogP contribution in [-0.4, -0.2) is 51.5 Å². The minimum Gasteiger partial charge on any atom is -0.469 e. The van der Waals surface area contributed by atoms with Crippen LogP contribution in [0.5, 0.6) is 0 Å². The number of aromatic nitrogens is 3. The molecule has 4 rings (SSSR count). The summed E-state index contributed by atoms with van der Waals surface area (Å²) in [5.41, 5.74) is 2.79. The van der Waals surface area contributed by atoms with Crippen molar-refractivity contribution in [1.82, 2.24) is 19.4 Å². The predicted molar refractivity (Wildman–Crippen MR) is 94.9 cm³/mol. The molecule has 0 bridgehead atoms. The summed E-state index contributed by atoms with van der Waals surface area (Å²) in [6, 6.07) is 11.5. The van der Waals surface area contributed by atoms with E-state index >= 15 is 0 Å². The molecular formula is C19H18N4O3. The number of amides is 1. The molecule has 0 spiro atoms. The van der Waals surface area contributed by atoms with Crippen LogP contribution in [0.2, 0.25) is 0 Å². The number of ether oxygens (including phenoxy) is 1. The summed E-state index contributed by atoms with van der Waals surface area (Å²) < 4.78 is 6.65. The second kappa shape index (κ2) is 6.59. The molecule has 1 aliphatic heterocycles. The van der Waals surface area contributed by atoms with Crippen molar-refractivity contribution in [2.24, 2.45) is 5.92 Å². The Kier molecular flexibility index (Phi) is 4.12. The minimum absolute atomic E-state index is 0.139. The van der Waals surface area contributed by atoms with Gasteiger partial charge in [-0.1, -0.05) is 18.2 Å². The molecule has 2 aromatic heterocycles. The number of hydrogen-bond acceptors (Lipinski definition) is 5. The number of carbonyl (C=O) groups excluding carboxylic acids is 2. The van der Waals surface area contributed by atoms with Gasteiger partial charge < -0.3 is 9.64 Å². The summed E-state index contributed by atoms with van der Waals surface area (Å²) in [5.74, 6) is -0.659. The van der Waals surface area contributed by atoms with Gasteiger partial charge in [0.1, 0.15) is 11.8 Å². The Morgan fingerprint density at radius 2 is 2.00 bits per heavy atom. The molecule has 1 fully saturated rings. The lowest BCUT2D eigenvalue weighted by molar-refractivity contribution is -0.144. The zero-order chi connectivity index (χ0) is 18.1. The number of fused-ring (bicyclic) bond motifs is 1. The number of para-hydroxylation sites is 1. The first kappa shape index (κ1) is 16.3. The molecule has 0 radical (unpaired) electrons. The lowest BCUT2D eigenvalue weighted by Crippen LogP contribution is -2.30. The molecular weight excluding hydrogens is 332 g/mol. The molecule has 132 valence electrons. The van der Waals surface area contributed by atoms with Gasteiger partial charge in [0.2, 0.25) is 0 Å². The number of benzene rings is 1. The summed E-state index contributed by atoms with van der Waals surface area (Å²) in [4.78, 5) is 34.9. The van der Waals surface area contributed by atoms with Gasteiger partial charge in [0.15, 0.2) is 5.65 Å². The smallest absolute Gasteiger partial charge is 0.310 e. The number of imidazole rings is 1. The van der Waals surface area contributed by atoms with Crippen LogP contribution in [0.25, 0.3) is 16.9 Å². The molecule has 0 saturated carbocycles. The van der Waals surface area contributed by atoms with E-state index in [1.807, 2.05) is 34.9 Å². The average Bonchev–Trinajstić information content (AvgIpc) is 3.34. The molecule has 7 nitrogen and oxygen atoms in total. The van der Waals surface area contributed by atoms with Gasteiger partial charge in [-0.2, -0.15) is 0 Å². The van der Waals surface area contributed by atoms with Crippen molar-refractivity contribution < 1.29 is 14.3 Å². The Balaban J connectivity index is 1.59. The lowest BCUT2D eigenvalue weighted by atomic mass is 10.1. The highest BCUT2D eigenvalue weighted by Crippen LogP contribution is 2.22. The van der Waals surface area contributed by atoms with Crippen molar-refractivity contribution in [2.45, 2.75) is 6.42 Å². The van der Waals surface area contributed by atoms with Gasteiger partial charge in [-0.3, -0.25) is 14.2 Å². The fourth-order valence-electron chi connectivity index (χ4n) is 3.28. The normalized spacial score (nSPS) is 16.8. The van der Waals surface area contributed by atoms with Crippen molar-refractivity contribution >= 4 is 23.0 Å². The highest BCUT2D eigenvalue weighted by Gasteiger charge is 2.32. The second-order valence-corrected chi connectivity index (χ2v) is 6.28. The second-order valence-electron chi connectivity index (χ2n) is 6.28. The highest BCUT2D eigenvalue weighted by atomic mass is 16.5. The Bertz CT molecular complexity index is 967. The van der Waals surface area contributed by atoms with Crippen molar-refractivity contribution in [3.63, 3.8) is 0 Å². The molecule has 3 heterocycles. The Labute approximate surface area is 150 Å². The average molecular weight is 350 g/mol. The molecule has 0 N–H and O–H groups in total. The topological polar surface area (TPSA) is 77.3 Å². The number of hydrogen-bond donors (Lipinski definition) is 0. The van der Waals surface area contributed by atoms with Crippen molar-refractivity contribution in [3.05, 3.63) is 54.5 Å². The van der Waals surface area contributed by atoms with E-state index in [4.69, 9.17) is 4.74 Å². The molecule has 1 atom stereocenters. The van der Waals surface area contributed by atoms with Crippen LogP contribution in [0.4, 0.5) is 0 Å². The number of methoxy groups -OCH3 is 1. The third-order valence-corrected chi connectivity index (χ3v) is 4.68. The van der Waals surface area contributed by atoms with E-state index in [0.29, 0.717) is 36.2 Å². The molecule has 1 unspecified atom stereocenters. The van der Waals surface area contributed by atoms with Gasteiger partial charge in [0, 0.05) is 25.0 Å². The highest BCUT2D eigenvalue weighted by molar-refractivity contribution is 5.97. The maximum atomic E-state index is 12.7. The van der Waals surface area contributed by atoms with E-state index in [0.717, 1.165) is 5.69 Å². The summed E-state index contributed by atoms with van der Waals surface area (Å²) >= 11 is 0. The first-order valence-electron chi connectivity index (χ1n) is 8.43. The van der Waals surface area contributed by atoms with Crippen molar-refractivity contribution in [1.29, 1.82) is 0 Å². The lowest BCUT2D eigenvalue weighted by Gasteiger charge is -2.15. The van der Waals surface area contributed by atoms with Crippen LogP contribution in [0.1, 0.15) is 16.8 Å². The van der Waals surface area contributed by atoms with Crippen LogP contribution in [0.3, 0.4) is 0 Å². The Morgan fingerprint density at radius 1 is 1.19 bits per heavy atom. The molecule has 26 heavy (non-hydrogen) atoms. The molecule has 1 saturated heterocycles. The number of likely N-dealkylation sites (tertiary alicyclic amines) is 1. The zero-order valence-electron chi connectivity index (χ0n) is 14.3. The van der Waals surface area contributed by atoms with Crippen LogP contribution in [0.15, 0.2) is 48.9 Å². The molecule has 3 aromatic rings. The summed E-state index contributed by atoms with van der Waals surface area (Å²) in [5, 5.41) is 0. The van der Waals surface area contributed by atoms with Gasteiger partial charge in [-0.05, 0) is 24.6 Å². The van der Waals surface area contributed by atoms with Crippen molar-refractivity contribution in [2.75, 3.05) is 20.2 Å². The number of rotatable bonds is 3. The third-order valence-electron chi connectivity index (χ3n) is 4.68. The first-order valence-corrected chi connectivity index (χ1v) is 8.43. The number of carbonyl (C=O) groups is 2. The largest absolute Gasteiger partial charge is 0.469 e. The number of esters is 1. The van der Waals surface area contributed by atoms with Crippen LogP contribution in [0, 0.1) is 5.92 Å². The summed E-state index contributed by atoms with van der Waals surface area (Å²) in [6.07, 6.45) is 3.89. The standard InChI is InChI=1S/C19H18N4O3/c1-26-19(25)13-7-8-22(11-13)18(24)14-9-16-17(20-10-14)23(12-21-16)15-5-3-2-4-6-15/h2-6,9-10,12-13H,7-8,11H2,1H3. The van der Waals surface area contributed by atoms with Gasteiger partial charge in [0.25, 0.3) is 5.91 Å². The number of pyridine rings is 1. The molecule has 1 aliphatic rings. The zero-order valence-corrected chi connectivity index (χ0v) is 14.3. The van der Waals surface area contributed by atoms with Crippen LogP contribution >= 0.6 is 0 Å². The molecule has 1 aromatic carbocycles. The predicted octanol–water partition coefficient (Wildman–Crippen LogP) is 2.06. The van der Waals surface area contributed by atoms with Crippen molar-refractivity contribution in [3.8, 4) is 5.69 Å². The van der Waals surface area contributed by atoms with E-state index < -0.39 is 0 Å². The van der Waals surface area contributed by atoms with E-state index in [2.05, 4.69) is 9.97 Å². The molecule has 7 heteroatoms. The Hall–Kier alpha value is -3.22. The van der Waals surface area contributed by atoms with Gasteiger partial charge >= 0.3 is 5.97 Å². The third kappa shape index (κ3) is 2.81. The van der Waals surface area contributed by atoms with Crippen LogP contribution in [-0.2, 0) is 9.53 Å². The van der Waals surface area contributed by atoms with E-state index in [1.54, 1.807) is 23.5 Å². The molecule has 1 amide bonds. The fraction of sp³-hybridized carbons (Fsp3) is 0.263.